The molecule has 1 heterocycles. The summed E-state index contributed by atoms with van der Waals surface area (Å²) >= 11 is 0. The van der Waals surface area contributed by atoms with E-state index in [1.54, 1.807) is 12.3 Å². The van der Waals surface area contributed by atoms with Gasteiger partial charge < -0.3 is 5.11 Å². The first-order valence-corrected chi connectivity index (χ1v) is 5.66. The summed E-state index contributed by atoms with van der Waals surface area (Å²) in [4.78, 5) is 4.24. The number of aliphatic hydroxyl groups excluding tert-OH is 1. The second-order valence-electron chi connectivity index (χ2n) is 4.29. The van der Waals surface area contributed by atoms with Gasteiger partial charge in [0.1, 0.15) is 11.9 Å². The van der Waals surface area contributed by atoms with Gasteiger partial charge in [0.05, 0.1) is 5.69 Å². The highest BCUT2D eigenvalue weighted by Gasteiger charge is 2.22. The molecule has 0 aliphatic heterocycles. The lowest BCUT2D eigenvalue weighted by Crippen LogP contribution is -2.04. The number of pyridine rings is 1. The van der Waals surface area contributed by atoms with E-state index in [-0.39, 0.29) is 5.82 Å². The molecule has 1 aromatic heterocycles. The van der Waals surface area contributed by atoms with Gasteiger partial charge in [0, 0.05) is 6.20 Å². The van der Waals surface area contributed by atoms with E-state index in [1.165, 1.54) is 12.1 Å². The molecule has 2 nitrogen and oxygen atoms in total. The summed E-state index contributed by atoms with van der Waals surface area (Å²) in [6.45, 7) is 0. The van der Waals surface area contributed by atoms with Gasteiger partial charge in [-0.1, -0.05) is 12.1 Å². The van der Waals surface area contributed by atoms with Gasteiger partial charge in [-0.25, -0.2) is 4.39 Å². The van der Waals surface area contributed by atoms with Gasteiger partial charge in [-0.2, -0.15) is 0 Å². The van der Waals surface area contributed by atoms with Gasteiger partial charge in [0.15, 0.2) is 0 Å². The molecule has 2 aromatic rings. The molecule has 1 atom stereocenters. The van der Waals surface area contributed by atoms with Gasteiger partial charge in [-0.05, 0) is 47.7 Å². The van der Waals surface area contributed by atoms with E-state index in [0.717, 1.165) is 29.5 Å². The molecule has 1 N–H and O–H groups in total. The number of aliphatic hydroxyl groups is 1. The van der Waals surface area contributed by atoms with Crippen LogP contribution in [0.1, 0.15) is 28.5 Å². The molecule has 0 amide bonds. The molecule has 1 aliphatic rings. The molecular weight excluding hydrogens is 217 g/mol. The number of halogens is 1. The van der Waals surface area contributed by atoms with Crippen molar-refractivity contribution in [3.63, 3.8) is 0 Å². The number of hydrogen-bond donors (Lipinski definition) is 1. The van der Waals surface area contributed by atoms with E-state index in [0.29, 0.717) is 5.69 Å². The molecule has 0 saturated carbocycles. The van der Waals surface area contributed by atoms with Crippen LogP contribution in [0, 0.1) is 5.82 Å². The van der Waals surface area contributed by atoms with Crippen molar-refractivity contribution in [2.75, 3.05) is 0 Å². The van der Waals surface area contributed by atoms with Crippen LogP contribution in [0.4, 0.5) is 4.39 Å². The summed E-state index contributed by atoms with van der Waals surface area (Å²) in [5, 5.41) is 10.3. The van der Waals surface area contributed by atoms with E-state index in [9.17, 15) is 9.50 Å². The molecule has 3 rings (SSSR count). The van der Waals surface area contributed by atoms with E-state index >= 15 is 0 Å². The van der Waals surface area contributed by atoms with E-state index in [1.807, 2.05) is 12.1 Å². The van der Waals surface area contributed by atoms with Gasteiger partial charge in [0.25, 0.3) is 0 Å². The number of nitrogens with zero attached hydrogens (tertiary/aromatic N) is 1. The molecule has 0 fully saturated rings. The Kier molecular flexibility index (Phi) is 2.41. The third kappa shape index (κ3) is 1.72. The lowest BCUT2D eigenvalue weighted by molar-refractivity contribution is 0.214. The Morgan fingerprint density at radius 3 is 2.88 bits per heavy atom. The first-order valence-electron chi connectivity index (χ1n) is 5.66. The van der Waals surface area contributed by atoms with Gasteiger partial charge >= 0.3 is 0 Å². The minimum atomic E-state index is -0.746. The zero-order valence-corrected chi connectivity index (χ0v) is 9.23. The van der Waals surface area contributed by atoms with Crippen molar-refractivity contribution in [3.8, 4) is 0 Å². The summed E-state index contributed by atoms with van der Waals surface area (Å²) in [5.74, 6) is -0.255. The monoisotopic (exact) mass is 229 g/mol. The Labute approximate surface area is 98.8 Å². The number of aromatic nitrogens is 1. The van der Waals surface area contributed by atoms with Crippen molar-refractivity contribution in [2.24, 2.45) is 0 Å². The first-order chi connectivity index (χ1) is 8.25. The molecule has 0 saturated heterocycles. The van der Waals surface area contributed by atoms with Crippen molar-refractivity contribution >= 4 is 0 Å². The smallest absolute Gasteiger partial charge is 0.123 e. The maximum atomic E-state index is 13.2. The fraction of sp³-hybridized carbons (Fsp3) is 0.214. The van der Waals surface area contributed by atoms with Crippen LogP contribution in [0.5, 0.6) is 0 Å². The average molecular weight is 229 g/mol. The molecule has 17 heavy (non-hydrogen) atoms. The van der Waals surface area contributed by atoms with Crippen LogP contribution >= 0.6 is 0 Å². The highest BCUT2D eigenvalue weighted by Crippen LogP contribution is 2.31. The van der Waals surface area contributed by atoms with Crippen LogP contribution in [0.25, 0.3) is 0 Å². The number of aryl methyl sites for hydroxylation is 2. The normalized spacial score (nSPS) is 18.1. The number of hydrogen-bond acceptors (Lipinski definition) is 2. The summed E-state index contributed by atoms with van der Waals surface area (Å²) < 4.78 is 13.2. The Morgan fingerprint density at radius 2 is 2.00 bits per heavy atom. The lowest BCUT2D eigenvalue weighted by atomic mass is 10.0. The Morgan fingerprint density at radius 1 is 1.18 bits per heavy atom. The number of fused-ring (bicyclic) bond motifs is 2. The molecular formula is C14H12FNO. The molecule has 1 aliphatic carbocycles. The molecule has 1 unspecified atom stereocenters. The summed E-state index contributed by atoms with van der Waals surface area (Å²) in [6, 6.07) is 8.37. The van der Waals surface area contributed by atoms with Crippen LogP contribution in [0.2, 0.25) is 0 Å². The van der Waals surface area contributed by atoms with Crippen molar-refractivity contribution in [3.05, 3.63) is 64.7 Å². The van der Waals surface area contributed by atoms with E-state index in [2.05, 4.69) is 4.98 Å². The third-order valence-corrected chi connectivity index (χ3v) is 3.25. The maximum absolute atomic E-state index is 13.2. The van der Waals surface area contributed by atoms with E-state index < -0.39 is 6.10 Å². The van der Waals surface area contributed by atoms with Gasteiger partial charge in [0.2, 0.25) is 0 Å². The maximum Gasteiger partial charge on any atom is 0.123 e. The zero-order valence-electron chi connectivity index (χ0n) is 9.23. The summed E-state index contributed by atoms with van der Waals surface area (Å²) in [5.41, 5.74) is 3.37. The zero-order chi connectivity index (χ0) is 11.8. The van der Waals surface area contributed by atoms with Crippen LogP contribution in [-0.4, -0.2) is 10.1 Å². The SMILES string of the molecule is OC1c2ccc(F)cc2CCc2cccnc21. The third-order valence-electron chi connectivity index (χ3n) is 3.25. The van der Waals surface area contributed by atoms with Crippen molar-refractivity contribution in [1.82, 2.24) is 4.98 Å². The minimum absolute atomic E-state index is 0.255. The van der Waals surface area contributed by atoms with Crippen molar-refractivity contribution in [2.45, 2.75) is 18.9 Å². The Bertz CT molecular complexity index is 568. The van der Waals surface area contributed by atoms with Crippen LogP contribution in [-0.2, 0) is 12.8 Å². The number of benzene rings is 1. The number of rotatable bonds is 0. The molecule has 0 spiro atoms. The Hall–Kier alpha value is -1.74. The van der Waals surface area contributed by atoms with Crippen molar-refractivity contribution < 1.29 is 9.50 Å². The summed E-state index contributed by atoms with van der Waals surface area (Å²) in [6.07, 6.45) is 2.46. The molecule has 0 radical (unpaired) electrons. The fourth-order valence-corrected chi connectivity index (χ4v) is 2.38. The predicted molar refractivity (Wildman–Crippen MR) is 62.1 cm³/mol. The first kappa shape index (κ1) is 10.4. The highest BCUT2D eigenvalue weighted by atomic mass is 19.1. The van der Waals surface area contributed by atoms with Crippen LogP contribution < -0.4 is 0 Å². The predicted octanol–water partition coefficient (Wildman–Crippen LogP) is 2.40. The average Bonchev–Trinajstić information content (AvgIpc) is 2.48. The van der Waals surface area contributed by atoms with Gasteiger partial charge in [-0.3, -0.25) is 4.98 Å². The quantitative estimate of drug-likeness (QED) is 0.752. The van der Waals surface area contributed by atoms with Crippen molar-refractivity contribution in [1.29, 1.82) is 0 Å². The highest BCUT2D eigenvalue weighted by molar-refractivity contribution is 5.40. The van der Waals surface area contributed by atoms with Gasteiger partial charge in [-0.15, -0.1) is 0 Å². The second-order valence-corrected chi connectivity index (χ2v) is 4.29. The Balaban J connectivity index is 2.16. The second kappa shape index (κ2) is 3.93. The van der Waals surface area contributed by atoms with Crippen LogP contribution in [0.15, 0.2) is 36.5 Å². The lowest BCUT2D eigenvalue weighted by Gasteiger charge is -2.12. The molecule has 3 heteroatoms. The van der Waals surface area contributed by atoms with E-state index in [4.69, 9.17) is 0 Å². The standard InChI is InChI=1S/C14H12FNO/c15-11-5-6-12-10(8-11)4-3-9-2-1-7-16-13(9)14(12)17/h1-2,5-8,14,17H,3-4H2. The largest absolute Gasteiger partial charge is 0.382 e. The minimum Gasteiger partial charge on any atom is -0.382 e. The molecule has 86 valence electrons. The summed E-state index contributed by atoms with van der Waals surface area (Å²) in [7, 11) is 0. The molecule has 0 bridgehead atoms. The topological polar surface area (TPSA) is 33.1 Å². The van der Waals surface area contributed by atoms with Crippen LogP contribution in [0.3, 0.4) is 0 Å². The fourth-order valence-electron chi connectivity index (χ4n) is 2.38. The molecule has 1 aromatic carbocycles.